The highest BCUT2D eigenvalue weighted by Crippen LogP contribution is 2.28. The van der Waals surface area contributed by atoms with Gasteiger partial charge in [-0.2, -0.15) is 0 Å². The number of nitrogens with zero attached hydrogens (tertiary/aromatic N) is 4. The lowest BCUT2D eigenvalue weighted by molar-refractivity contribution is -0.146. The molecule has 8 nitrogen and oxygen atoms in total. The van der Waals surface area contributed by atoms with Gasteiger partial charge < -0.3 is 15.4 Å². The first-order valence-corrected chi connectivity index (χ1v) is 9.95. The van der Waals surface area contributed by atoms with Crippen LogP contribution in [-0.2, 0) is 9.53 Å². The van der Waals surface area contributed by atoms with E-state index in [1.54, 1.807) is 12.3 Å². The molecule has 0 atom stereocenters. The molecule has 1 aliphatic rings. The molecule has 2 heterocycles. The standard InChI is InChI=1S/C20H20ClFN6O2/c1-30-19(29)11-2-4-12(5-3-11)27-20-23-9-16-17(28-20)18(25-10-24-16)26-13-6-7-15(22)14(21)8-13/h6-12H,2-5H2,1H3,(H,23,27,28)(H,24,25,26). The second kappa shape index (κ2) is 8.74. The second-order valence-electron chi connectivity index (χ2n) is 7.12. The van der Waals surface area contributed by atoms with E-state index in [0.717, 1.165) is 25.7 Å². The molecule has 1 aromatic carbocycles. The summed E-state index contributed by atoms with van der Waals surface area (Å²) in [5, 5.41) is 6.44. The first-order chi connectivity index (χ1) is 14.5. The highest BCUT2D eigenvalue weighted by molar-refractivity contribution is 6.31. The van der Waals surface area contributed by atoms with E-state index in [4.69, 9.17) is 16.3 Å². The van der Waals surface area contributed by atoms with Crippen LogP contribution in [0.5, 0.6) is 0 Å². The van der Waals surface area contributed by atoms with Gasteiger partial charge in [0.2, 0.25) is 5.95 Å². The van der Waals surface area contributed by atoms with Crippen LogP contribution < -0.4 is 10.6 Å². The van der Waals surface area contributed by atoms with Gasteiger partial charge in [-0.15, -0.1) is 0 Å². The summed E-state index contributed by atoms with van der Waals surface area (Å²) in [6.45, 7) is 0. The van der Waals surface area contributed by atoms with Gasteiger partial charge in [0, 0.05) is 11.7 Å². The van der Waals surface area contributed by atoms with Crippen LogP contribution in [0.3, 0.4) is 0 Å². The zero-order valence-corrected chi connectivity index (χ0v) is 17.0. The van der Waals surface area contributed by atoms with Crippen LogP contribution in [0.4, 0.5) is 21.8 Å². The molecular formula is C20H20ClFN6O2. The molecule has 0 unspecified atom stereocenters. The normalized spacial score (nSPS) is 18.8. The van der Waals surface area contributed by atoms with Crippen LogP contribution in [0.25, 0.3) is 11.0 Å². The van der Waals surface area contributed by atoms with E-state index >= 15 is 0 Å². The predicted molar refractivity (Wildman–Crippen MR) is 111 cm³/mol. The third-order valence-electron chi connectivity index (χ3n) is 5.15. The molecule has 2 aromatic heterocycles. The number of fused-ring (bicyclic) bond motifs is 1. The first-order valence-electron chi connectivity index (χ1n) is 9.57. The van der Waals surface area contributed by atoms with Crippen molar-refractivity contribution in [2.45, 2.75) is 31.7 Å². The first kappa shape index (κ1) is 20.2. The summed E-state index contributed by atoms with van der Waals surface area (Å²) < 4.78 is 18.2. The van der Waals surface area contributed by atoms with Crippen molar-refractivity contribution in [3.05, 3.63) is 41.6 Å². The third kappa shape index (κ3) is 4.40. The number of esters is 1. The van der Waals surface area contributed by atoms with Crippen LogP contribution in [0.15, 0.2) is 30.7 Å². The quantitative estimate of drug-likeness (QED) is 0.583. The number of methoxy groups -OCH3 is 1. The molecule has 30 heavy (non-hydrogen) atoms. The number of hydrogen-bond acceptors (Lipinski definition) is 8. The minimum atomic E-state index is -0.495. The van der Waals surface area contributed by atoms with Crippen molar-refractivity contribution >= 4 is 46.1 Å². The Labute approximate surface area is 177 Å². The van der Waals surface area contributed by atoms with Crippen molar-refractivity contribution in [2.75, 3.05) is 17.7 Å². The van der Waals surface area contributed by atoms with Crippen LogP contribution in [0.1, 0.15) is 25.7 Å². The van der Waals surface area contributed by atoms with E-state index in [1.807, 2.05) is 0 Å². The monoisotopic (exact) mass is 430 g/mol. The number of anilines is 3. The number of nitrogens with one attached hydrogen (secondary N) is 2. The summed E-state index contributed by atoms with van der Waals surface area (Å²) in [5.74, 6) is 0.230. The van der Waals surface area contributed by atoms with E-state index in [2.05, 4.69) is 30.6 Å². The van der Waals surface area contributed by atoms with Gasteiger partial charge in [0.1, 0.15) is 23.2 Å². The number of carbonyl (C=O) groups excluding carboxylic acids is 1. The average molecular weight is 431 g/mol. The highest BCUT2D eigenvalue weighted by atomic mass is 35.5. The maximum atomic E-state index is 13.4. The molecule has 4 rings (SSSR count). The smallest absolute Gasteiger partial charge is 0.308 e. The van der Waals surface area contributed by atoms with Crippen molar-refractivity contribution < 1.29 is 13.9 Å². The molecule has 156 valence electrons. The lowest BCUT2D eigenvalue weighted by atomic mass is 9.86. The van der Waals surface area contributed by atoms with Crippen molar-refractivity contribution in [1.82, 2.24) is 19.9 Å². The summed E-state index contributed by atoms with van der Waals surface area (Å²) in [5.41, 5.74) is 1.68. The minimum absolute atomic E-state index is 0.0119. The molecule has 1 aliphatic carbocycles. The Bertz CT molecular complexity index is 1070. The van der Waals surface area contributed by atoms with Gasteiger partial charge in [-0.25, -0.2) is 24.3 Å². The number of hydrogen-bond donors (Lipinski definition) is 2. The Kier molecular flexibility index (Phi) is 5.89. The lowest BCUT2D eigenvalue weighted by Gasteiger charge is -2.27. The number of carbonyl (C=O) groups is 1. The van der Waals surface area contributed by atoms with Crippen molar-refractivity contribution in [3.63, 3.8) is 0 Å². The number of benzene rings is 1. The Morgan fingerprint density at radius 1 is 1.20 bits per heavy atom. The second-order valence-corrected chi connectivity index (χ2v) is 7.53. The molecule has 0 bridgehead atoms. The van der Waals surface area contributed by atoms with Crippen LogP contribution in [0.2, 0.25) is 5.02 Å². The maximum absolute atomic E-state index is 13.4. The predicted octanol–water partition coefficient (Wildman–Crippen LogP) is 4.10. The molecular weight excluding hydrogens is 411 g/mol. The Morgan fingerprint density at radius 2 is 2.00 bits per heavy atom. The Morgan fingerprint density at radius 3 is 2.73 bits per heavy atom. The summed E-state index contributed by atoms with van der Waals surface area (Å²) in [6, 6.07) is 4.49. The lowest BCUT2D eigenvalue weighted by Crippen LogP contribution is -2.30. The number of rotatable bonds is 5. The van der Waals surface area contributed by atoms with Crippen molar-refractivity contribution in [2.24, 2.45) is 5.92 Å². The van der Waals surface area contributed by atoms with Crippen molar-refractivity contribution in [3.8, 4) is 0 Å². The van der Waals surface area contributed by atoms with E-state index in [1.165, 1.54) is 25.6 Å². The van der Waals surface area contributed by atoms with Gasteiger partial charge in [-0.3, -0.25) is 4.79 Å². The van der Waals surface area contributed by atoms with Crippen LogP contribution >= 0.6 is 11.6 Å². The summed E-state index contributed by atoms with van der Waals surface area (Å²) in [6.07, 6.45) is 6.20. The van der Waals surface area contributed by atoms with Crippen molar-refractivity contribution in [1.29, 1.82) is 0 Å². The SMILES string of the molecule is COC(=O)C1CCC(Nc2ncc3ncnc(Nc4ccc(F)c(Cl)c4)c3n2)CC1. The zero-order chi connectivity index (χ0) is 21.1. The van der Waals surface area contributed by atoms with Crippen LogP contribution in [0, 0.1) is 11.7 Å². The van der Waals surface area contributed by atoms with Gasteiger partial charge >= 0.3 is 5.97 Å². The van der Waals surface area contributed by atoms with Gasteiger partial charge in [0.15, 0.2) is 5.82 Å². The zero-order valence-electron chi connectivity index (χ0n) is 16.2. The fraction of sp³-hybridized carbons (Fsp3) is 0.350. The molecule has 0 aliphatic heterocycles. The van der Waals surface area contributed by atoms with Gasteiger partial charge in [0.25, 0.3) is 0 Å². The molecule has 1 saturated carbocycles. The molecule has 2 N–H and O–H groups in total. The molecule has 0 radical (unpaired) electrons. The summed E-state index contributed by atoms with van der Waals surface area (Å²) >= 11 is 5.86. The van der Waals surface area contributed by atoms with E-state index < -0.39 is 5.82 Å². The van der Waals surface area contributed by atoms with E-state index in [-0.39, 0.29) is 23.0 Å². The van der Waals surface area contributed by atoms with Gasteiger partial charge in [-0.05, 0) is 43.9 Å². The Hall–Kier alpha value is -3.07. The summed E-state index contributed by atoms with van der Waals surface area (Å²) in [4.78, 5) is 29.1. The van der Waals surface area contributed by atoms with E-state index in [9.17, 15) is 9.18 Å². The minimum Gasteiger partial charge on any atom is -0.469 e. The van der Waals surface area contributed by atoms with Crippen LogP contribution in [-0.4, -0.2) is 39.1 Å². The highest BCUT2D eigenvalue weighted by Gasteiger charge is 2.27. The molecule has 1 fully saturated rings. The molecule has 0 amide bonds. The maximum Gasteiger partial charge on any atom is 0.308 e. The number of halogens is 2. The van der Waals surface area contributed by atoms with E-state index in [0.29, 0.717) is 28.5 Å². The number of ether oxygens (including phenoxy) is 1. The Balaban J connectivity index is 1.51. The van der Waals surface area contributed by atoms with Gasteiger partial charge in [0.05, 0.1) is 24.2 Å². The number of aromatic nitrogens is 4. The third-order valence-corrected chi connectivity index (χ3v) is 5.44. The molecule has 0 spiro atoms. The molecule has 3 aromatic rings. The fourth-order valence-corrected chi connectivity index (χ4v) is 3.73. The van der Waals surface area contributed by atoms with Gasteiger partial charge in [-0.1, -0.05) is 11.6 Å². The summed E-state index contributed by atoms with van der Waals surface area (Å²) in [7, 11) is 1.42. The topological polar surface area (TPSA) is 102 Å². The fourth-order valence-electron chi connectivity index (χ4n) is 3.55. The average Bonchev–Trinajstić information content (AvgIpc) is 2.77. The molecule has 10 heteroatoms. The molecule has 0 saturated heterocycles. The largest absolute Gasteiger partial charge is 0.469 e.